The zero-order valence-electron chi connectivity index (χ0n) is 30.8. The second-order valence-electron chi connectivity index (χ2n) is 14.6. The maximum absolute atomic E-state index is 14.7. The number of carbonyl (C=O) groups is 1. The molecule has 53 heavy (non-hydrogen) atoms. The zero-order chi connectivity index (χ0) is 36.0. The maximum Gasteiger partial charge on any atom is 0.195 e. The first kappa shape index (κ1) is 35.6. The Morgan fingerprint density at radius 2 is 1.51 bits per heavy atom. The number of ketones is 1. The highest BCUT2D eigenvalue weighted by Gasteiger charge is 2.34. The van der Waals surface area contributed by atoms with Gasteiger partial charge in [-0.15, -0.1) is 11.3 Å². The molecule has 0 amide bonds. The van der Waals surface area contributed by atoms with E-state index >= 15 is 0 Å². The summed E-state index contributed by atoms with van der Waals surface area (Å²) in [7, 11) is 1.66. The minimum absolute atomic E-state index is 0.0485. The third-order valence-corrected chi connectivity index (χ3v) is 12.3. The maximum atomic E-state index is 14.7. The van der Waals surface area contributed by atoms with Crippen molar-refractivity contribution in [3.8, 4) is 33.4 Å². The van der Waals surface area contributed by atoms with Gasteiger partial charge in [0.15, 0.2) is 17.3 Å². The molecule has 1 aromatic heterocycles. The van der Waals surface area contributed by atoms with Crippen LogP contribution >= 0.6 is 11.3 Å². The third-order valence-electron chi connectivity index (χ3n) is 11.1. The second-order valence-corrected chi connectivity index (χ2v) is 15.7. The van der Waals surface area contributed by atoms with Gasteiger partial charge in [0.25, 0.3) is 0 Å². The molecule has 1 saturated carbocycles. The number of hydrogen-bond donors (Lipinski definition) is 0. The van der Waals surface area contributed by atoms with Crippen LogP contribution < -0.4 is 18.9 Å². The van der Waals surface area contributed by atoms with Gasteiger partial charge in [-0.3, -0.25) is 14.6 Å². The van der Waals surface area contributed by atoms with Gasteiger partial charge in [0.05, 0.1) is 7.11 Å². The Bertz CT molecular complexity index is 1980. The van der Waals surface area contributed by atoms with Crippen molar-refractivity contribution in [2.45, 2.75) is 70.1 Å². The second kappa shape index (κ2) is 16.8. The highest BCUT2D eigenvalue weighted by atomic mass is 32.1. The molecule has 7 nitrogen and oxygen atoms in total. The number of ether oxygens (including phenoxy) is 4. The molecule has 0 spiro atoms. The monoisotopic (exact) mass is 730 g/mol. The average Bonchev–Trinajstić information content (AvgIpc) is 4.00. The van der Waals surface area contributed by atoms with Crippen LogP contribution in [0.2, 0.25) is 0 Å². The van der Waals surface area contributed by atoms with Gasteiger partial charge in [-0.25, -0.2) is 0 Å². The van der Waals surface area contributed by atoms with E-state index in [9.17, 15) is 4.79 Å². The lowest BCUT2D eigenvalue weighted by atomic mass is 9.91. The molecule has 5 aromatic rings. The highest BCUT2D eigenvalue weighted by molar-refractivity contribution is 7.22. The molecule has 276 valence electrons. The Balaban J connectivity index is 1.07. The fourth-order valence-corrected chi connectivity index (χ4v) is 9.49. The average molecular weight is 731 g/mol. The SMILES string of the molecule is COc1cc(C(=O)c2c(-c3ccc(OCCN4CCCC4)cc3)sc3cc(OCc4ccccc4)ccc23)ccc1O[C@H]1CCCC[C@@H]1N1CCCC1. The molecule has 1 aliphatic carbocycles. The van der Waals surface area contributed by atoms with E-state index in [-0.39, 0.29) is 11.9 Å². The van der Waals surface area contributed by atoms with Crippen LogP contribution in [0.4, 0.5) is 0 Å². The van der Waals surface area contributed by atoms with E-state index in [4.69, 9.17) is 18.9 Å². The highest BCUT2D eigenvalue weighted by Crippen LogP contribution is 2.43. The van der Waals surface area contributed by atoms with Gasteiger partial charge in [0, 0.05) is 38.7 Å². The summed E-state index contributed by atoms with van der Waals surface area (Å²) in [5, 5.41) is 0.906. The van der Waals surface area contributed by atoms with Crippen LogP contribution in [0.1, 0.15) is 72.9 Å². The zero-order valence-corrected chi connectivity index (χ0v) is 31.6. The molecule has 0 radical (unpaired) electrons. The van der Waals surface area contributed by atoms with E-state index < -0.39 is 0 Å². The largest absolute Gasteiger partial charge is 0.493 e. The van der Waals surface area contributed by atoms with Crippen LogP contribution in [0.25, 0.3) is 20.5 Å². The normalized spacial score (nSPS) is 19.4. The van der Waals surface area contributed by atoms with Gasteiger partial charge in [-0.1, -0.05) is 36.8 Å². The molecule has 2 saturated heterocycles. The van der Waals surface area contributed by atoms with Crippen LogP contribution in [0, 0.1) is 0 Å². The van der Waals surface area contributed by atoms with Gasteiger partial charge >= 0.3 is 0 Å². The number of benzene rings is 4. The van der Waals surface area contributed by atoms with E-state index in [1.165, 1.54) is 44.9 Å². The van der Waals surface area contributed by atoms with Gasteiger partial charge in [-0.2, -0.15) is 0 Å². The topological polar surface area (TPSA) is 60.5 Å². The molecule has 8 heteroatoms. The summed E-state index contributed by atoms with van der Waals surface area (Å²) in [5.41, 5.74) is 3.33. The molecule has 0 unspecified atom stereocenters. The lowest BCUT2D eigenvalue weighted by Gasteiger charge is -2.38. The van der Waals surface area contributed by atoms with Crippen molar-refractivity contribution >= 4 is 27.2 Å². The lowest BCUT2D eigenvalue weighted by Crippen LogP contribution is -2.46. The Labute approximate surface area is 317 Å². The van der Waals surface area contributed by atoms with E-state index in [1.54, 1.807) is 18.4 Å². The van der Waals surface area contributed by atoms with Crippen LogP contribution in [0.3, 0.4) is 0 Å². The smallest absolute Gasteiger partial charge is 0.195 e. The van der Waals surface area contributed by atoms with Crippen molar-refractivity contribution in [1.29, 1.82) is 0 Å². The van der Waals surface area contributed by atoms with Crippen molar-refractivity contribution in [2.75, 3.05) is 46.4 Å². The molecule has 3 fully saturated rings. The molecule has 8 rings (SSSR count). The molecule has 3 heterocycles. The lowest BCUT2D eigenvalue weighted by molar-refractivity contribution is 0.0468. The van der Waals surface area contributed by atoms with Crippen molar-refractivity contribution < 1.29 is 23.7 Å². The van der Waals surface area contributed by atoms with Crippen LogP contribution in [0.15, 0.2) is 91.0 Å². The van der Waals surface area contributed by atoms with E-state index in [0.717, 1.165) is 76.7 Å². The first-order chi connectivity index (χ1) is 26.1. The minimum Gasteiger partial charge on any atom is -0.493 e. The summed E-state index contributed by atoms with van der Waals surface area (Å²) in [4.78, 5) is 20.7. The number of likely N-dealkylation sites (tertiary alicyclic amines) is 2. The van der Waals surface area contributed by atoms with E-state index in [1.807, 2.05) is 60.7 Å². The fourth-order valence-electron chi connectivity index (χ4n) is 8.26. The van der Waals surface area contributed by atoms with Gasteiger partial charge in [0.1, 0.15) is 30.8 Å². The minimum atomic E-state index is -0.0485. The molecule has 0 bridgehead atoms. The summed E-state index contributed by atoms with van der Waals surface area (Å²) in [5.74, 6) is 2.86. The quantitative estimate of drug-likeness (QED) is 0.106. The fraction of sp³-hybridized carbons (Fsp3) is 0.400. The number of thiophene rings is 1. The molecule has 3 aliphatic rings. The molecular formula is C45H50N2O5S. The van der Waals surface area contributed by atoms with E-state index in [0.29, 0.717) is 41.9 Å². The van der Waals surface area contributed by atoms with Gasteiger partial charge in [-0.05, 0) is 143 Å². The van der Waals surface area contributed by atoms with Crippen LogP contribution in [0.5, 0.6) is 23.0 Å². The van der Waals surface area contributed by atoms with Crippen LogP contribution in [-0.4, -0.2) is 74.2 Å². The Morgan fingerprint density at radius 3 is 2.30 bits per heavy atom. The van der Waals surface area contributed by atoms with Gasteiger partial charge < -0.3 is 18.9 Å². The summed E-state index contributed by atoms with van der Waals surface area (Å²) in [6.07, 6.45) is 9.82. The molecule has 0 N–H and O–H groups in total. The summed E-state index contributed by atoms with van der Waals surface area (Å²) in [6, 6.07) is 30.5. The Morgan fingerprint density at radius 1 is 0.755 bits per heavy atom. The predicted molar refractivity (Wildman–Crippen MR) is 213 cm³/mol. The molecule has 2 aliphatic heterocycles. The number of fused-ring (bicyclic) bond motifs is 1. The summed E-state index contributed by atoms with van der Waals surface area (Å²) in [6.45, 7) is 6.71. The molecule has 2 atom stereocenters. The number of methoxy groups -OCH3 is 1. The van der Waals surface area contributed by atoms with E-state index in [2.05, 4.69) is 40.1 Å². The Kier molecular flexibility index (Phi) is 11.3. The number of hydrogen-bond acceptors (Lipinski definition) is 8. The van der Waals surface area contributed by atoms with Crippen molar-refractivity contribution in [3.05, 3.63) is 108 Å². The molecular weight excluding hydrogens is 681 g/mol. The molecule has 4 aromatic carbocycles. The Hall–Kier alpha value is -4.37. The third kappa shape index (κ3) is 8.25. The first-order valence-corrected chi connectivity index (χ1v) is 20.3. The standard InChI is InChI=1S/C45H50N2O5S/c1-49-41-29-34(17-22-40(41)52-39-14-6-5-13-38(39)47-25-9-10-26-47)44(48)43-37-21-20-36(51-31-32-11-3-2-4-12-32)30-42(37)53-45(43)33-15-18-35(19-16-33)50-28-27-46-23-7-8-24-46/h2-4,11-12,15-22,29-30,38-39H,5-10,13-14,23-28,31H2,1H3/t38-,39-/m0/s1. The number of carbonyl (C=O) groups excluding carboxylic acids is 1. The summed E-state index contributed by atoms with van der Waals surface area (Å²) < 4.78 is 25.9. The van der Waals surface area contributed by atoms with Crippen molar-refractivity contribution in [2.24, 2.45) is 0 Å². The predicted octanol–water partition coefficient (Wildman–Crippen LogP) is 9.65. The van der Waals surface area contributed by atoms with Crippen molar-refractivity contribution in [1.82, 2.24) is 9.80 Å². The van der Waals surface area contributed by atoms with Crippen molar-refractivity contribution in [3.63, 3.8) is 0 Å². The van der Waals surface area contributed by atoms with Gasteiger partial charge in [0.2, 0.25) is 0 Å². The number of rotatable bonds is 14. The number of nitrogens with zero attached hydrogens (tertiary/aromatic N) is 2. The van der Waals surface area contributed by atoms with Crippen LogP contribution in [-0.2, 0) is 6.61 Å². The summed E-state index contributed by atoms with van der Waals surface area (Å²) >= 11 is 1.62. The first-order valence-electron chi connectivity index (χ1n) is 19.5.